The fraction of sp³-hybridized carbons (Fsp3) is 0.192. The van der Waals surface area contributed by atoms with Gasteiger partial charge in [-0.1, -0.05) is 24.3 Å². The monoisotopic (exact) mass is 497 g/mol. The van der Waals surface area contributed by atoms with Crippen LogP contribution in [0.2, 0.25) is 0 Å². The molecule has 10 heteroatoms. The molecule has 4 N–H and O–H groups in total. The van der Waals surface area contributed by atoms with Gasteiger partial charge in [0.2, 0.25) is 0 Å². The number of alkyl halides is 3. The number of amides is 1. The number of halogens is 3. The number of aromatic carboxylic acids is 1. The molecule has 0 saturated carbocycles. The number of anilines is 2. The van der Waals surface area contributed by atoms with Crippen LogP contribution in [0, 0.1) is 12.3 Å². The number of rotatable bonds is 6. The Bertz CT molecular complexity index is 1350. The number of carbonyl (C=O) groups excluding carboxylic acids is 1. The molecule has 0 radical (unpaired) electrons. The molecule has 1 heterocycles. The maximum atomic E-state index is 13.6. The Balaban J connectivity index is 1.74. The van der Waals surface area contributed by atoms with Gasteiger partial charge in [0, 0.05) is 29.9 Å². The molecule has 3 aromatic carbocycles. The van der Waals surface area contributed by atoms with Crippen molar-refractivity contribution in [2.45, 2.75) is 19.2 Å². The van der Waals surface area contributed by atoms with E-state index in [-0.39, 0.29) is 28.1 Å². The molecule has 1 amide bonds. The summed E-state index contributed by atoms with van der Waals surface area (Å²) in [6.45, 7) is 2.13. The lowest BCUT2D eigenvalue weighted by Gasteiger charge is -2.38. The van der Waals surface area contributed by atoms with Crippen LogP contribution in [0.25, 0.3) is 0 Å². The predicted molar refractivity (Wildman–Crippen MR) is 128 cm³/mol. The number of benzene rings is 3. The van der Waals surface area contributed by atoms with E-state index < -0.39 is 35.3 Å². The molecule has 7 nitrogen and oxygen atoms in total. The molecule has 1 aliphatic rings. The zero-order valence-electron chi connectivity index (χ0n) is 19.1. The van der Waals surface area contributed by atoms with Crippen molar-refractivity contribution in [2.75, 3.05) is 23.3 Å². The van der Waals surface area contributed by atoms with Crippen LogP contribution in [0.3, 0.4) is 0 Å². The quantitative estimate of drug-likeness (QED) is 0.373. The van der Waals surface area contributed by atoms with E-state index in [9.17, 15) is 27.9 Å². The standard InChI is InChI=1S/C26H22F3N3O4/c1-14-3-2-4-20(26(27,28)29)22(14)24(34)31-21-11-17(32-12-18(33)13-32)9-10-19(21)23(30)15-5-7-16(8-6-15)25(35)36/h2-11,18,30,33H,12-13H2,1H3,(H,31,34)(H,35,36). The fourth-order valence-corrected chi connectivity index (χ4v) is 4.04. The van der Waals surface area contributed by atoms with E-state index in [1.165, 1.54) is 43.3 Å². The zero-order chi connectivity index (χ0) is 26.2. The largest absolute Gasteiger partial charge is 0.478 e. The number of carbonyl (C=O) groups is 2. The van der Waals surface area contributed by atoms with Gasteiger partial charge in [0.1, 0.15) is 0 Å². The molecule has 0 atom stereocenters. The highest BCUT2D eigenvalue weighted by Crippen LogP contribution is 2.35. The van der Waals surface area contributed by atoms with E-state index in [1.54, 1.807) is 18.2 Å². The molecule has 4 rings (SSSR count). The summed E-state index contributed by atoms with van der Waals surface area (Å²) in [5.41, 5.74) is -0.139. The number of nitrogens with zero attached hydrogens (tertiary/aromatic N) is 1. The molecule has 0 spiro atoms. The SMILES string of the molecule is Cc1cccc(C(F)(F)F)c1C(=O)Nc1cc(N2CC(O)C2)ccc1C(=N)c1ccc(C(=O)O)cc1. The summed E-state index contributed by atoms with van der Waals surface area (Å²) in [5, 5.41) is 30.0. The number of β-amino-alcohol motifs (C(OH)–C–C–N with tert-alkyl or cyclic N) is 1. The van der Waals surface area contributed by atoms with Gasteiger partial charge in [-0.25, -0.2) is 4.79 Å². The molecule has 0 bridgehead atoms. The molecular weight excluding hydrogens is 475 g/mol. The number of aryl methyl sites for hydroxylation is 1. The van der Waals surface area contributed by atoms with Gasteiger partial charge < -0.3 is 20.4 Å². The molecular formula is C26H22F3N3O4. The summed E-state index contributed by atoms with van der Waals surface area (Å²) >= 11 is 0. The summed E-state index contributed by atoms with van der Waals surface area (Å²) in [6, 6.07) is 13.8. The first kappa shape index (κ1) is 24.9. The minimum atomic E-state index is -4.74. The Morgan fingerprint density at radius 1 is 1.03 bits per heavy atom. The number of hydrogen-bond donors (Lipinski definition) is 4. The average Bonchev–Trinajstić information content (AvgIpc) is 2.81. The number of nitrogens with one attached hydrogen (secondary N) is 2. The van der Waals surface area contributed by atoms with Gasteiger partial charge in [-0.2, -0.15) is 13.2 Å². The Labute approximate surface area is 204 Å². The van der Waals surface area contributed by atoms with E-state index >= 15 is 0 Å². The summed E-state index contributed by atoms with van der Waals surface area (Å²) < 4.78 is 40.9. The van der Waals surface area contributed by atoms with Crippen molar-refractivity contribution in [3.63, 3.8) is 0 Å². The first-order chi connectivity index (χ1) is 17.0. The molecule has 1 saturated heterocycles. The van der Waals surface area contributed by atoms with Crippen molar-refractivity contribution in [2.24, 2.45) is 0 Å². The smallest absolute Gasteiger partial charge is 0.417 e. The molecule has 1 aliphatic heterocycles. The highest BCUT2D eigenvalue weighted by atomic mass is 19.4. The Hall–Kier alpha value is -4.18. The van der Waals surface area contributed by atoms with Crippen molar-refractivity contribution in [3.8, 4) is 0 Å². The summed E-state index contributed by atoms with van der Waals surface area (Å²) in [6.07, 6.45) is -5.24. The van der Waals surface area contributed by atoms with Crippen molar-refractivity contribution in [3.05, 3.63) is 94.0 Å². The van der Waals surface area contributed by atoms with Crippen LogP contribution in [0.15, 0.2) is 60.7 Å². The van der Waals surface area contributed by atoms with Crippen LogP contribution in [-0.4, -0.2) is 47.0 Å². The molecule has 0 aliphatic carbocycles. The number of carboxylic acids is 1. The van der Waals surface area contributed by atoms with Gasteiger partial charge in [-0.15, -0.1) is 0 Å². The number of carboxylic acid groups (broad SMARTS) is 1. The highest BCUT2D eigenvalue weighted by Gasteiger charge is 2.36. The lowest BCUT2D eigenvalue weighted by molar-refractivity contribution is -0.137. The second-order valence-corrected chi connectivity index (χ2v) is 8.50. The molecule has 1 fully saturated rings. The molecule has 36 heavy (non-hydrogen) atoms. The van der Waals surface area contributed by atoms with Gasteiger partial charge in [0.05, 0.1) is 34.2 Å². The van der Waals surface area contributed by atoms with Crippen LogP contribution in [-0.2, 0) is 6.18 Å². The Morgan fingerprint density at radius 2 is 1.67 bits per heavy atom. The van der Waals surface area contributed by atoms with Gasteiger partial charge in [-0.05, 0) is 48.9 Å². The van der Waals surface area contributed by atoms with E-state index in [0.29, 0.717) is 24.3 Å². The Kier molecular flexibility index (Phi) is 6.55. The lowest BCUT2D eigenvalue weighted by atomic mass is 9.97. The minimum absolute atomic E-state index is 0.0333. The second kappa shape index (κ2) is 9.46. The van der Waals surface area contributed by atoms with Gasteiger partial charge in [-0.3, -0.25) is 10.2 Å². The van der Waals surface area contributed by atoms with Gasteiger partial charge in [0.15, 0.2) is 0 Å². The zero-order valence-corrected chi connectivity index (χ0v) is 19.1. The van der Waals surface area contributed by atoms with Crippen molar-refractivity contribution < 1.29 is 33.0 Å². The number of aliphatic hydroxyl groups excluding tert-OH is 1. The predicted octanol–water partition coefficient (Wildman–Crippen LogP) is 4.56. The van der Waals surface area contributed by atoms with Gasteiger partial charge >= 0.3 is 12.1 Å². The molecule has 0 aromatic heterocycles. The molecule has 3 aromatic rings. The van der Waals surface area contributed by atoms with Crippen LogP contribution in [0.5, 0.6) is 0 Å². The first-order valence-corrected chi connectivity index (χ1v) is 10.9. The average molecular weight is 497 g/mol. The van der Waals surface area contributed by atoms with Crippen LogP contribution >= 0.6 is 0 Å². The van der Waals surface area contributed by atoms with E-state index in [1.807, 2.05) is 4.90 Å². The maximum absolute atomic E-state index is 13.6. The molecule has 186 valence electrons. The third-order valence-electron chi connectivity index (χ3n) is 5.97. The summed E-state index contributed by atoms with van der Waals surface area (Å²) in [4.78, 5) is 26.1. The Morgan fingerprint density at radius 3 is 2.25 bits per heavy atom. The van der Waals surface area contributed by atoms with Crippen LogP contribution in [0.1, 0.15) is 43.0 Å². The second-order valence-electron chi connectivity index (χ2n) is 8.50. The van der Waals surface area contributed by atoms with Crippen molar-refractivity contribution in [1.82, 2.24) is 0 Å². The van der Waals surface area contributed by atoms with Crippen molar-refractivity contribution >= 4 is 29.0 Å². The van der Waals surface area contributed by atoms with E-state index in [2.05, 4.69) is 5.32 Å². The van der Waals surface area contributed by atoms with E-state index in [4.69, 9.17) is 10.5 Å². The minimum Gasteiger partial charge on any atom is -0.478 e. The van der Waals surface area contributed by atoms with E-state index in [0.717, 1.165) is 6.07 Å². The topological polar surface area (TPSA) is 114 Å². The lowest BCUT2D eigenvalue weighted by Crippen LogP contribution is -2.50. The fourth-order valence-electron chi connectivity index (χ4n) is 4.04. The first-order valence-electron chi connectivity index (χ1n) is 10.9. The van der Waals surface area contributed by atoms with Crippen LogP contribution in [0.4, 0.5) is 24.5 Å². The summed E-state index contributed by atoms with van der Waals surface area (Å²) in [5.74, 6) is -2.10. The van der Waals surface area contributed by atoms with Gasteiger partial charge in [0.25, 0.3) is 5.91 Å². The number of hydrogen-bond acceptors (Lipinski definition) is 5. The normalized spacial score (nSPS) is 13.8. The molecule has 0 unspecified atom stereocenters. The number of aliphatic hydroxyl groups is 1. The van der Waals surface area contributed by atoms with Crippen LogP contribution < -0.4 is 10.2 Å². The highest BCUT2D eigenvalue weighted by molar-refractivity contribution is 6.17. The third-order valence-corrected chi connectivity index (χ3v) is 5.97. The summed E-state index contributed by atoms with van der Waals surface area (Å²) in [7, 11) is 0. The third kappa shape index (κ3) is 4.94. The van der Waals surface area contributed by atoms with Crippen molar-refractivity contribution in [1.29, 1.82) is 5.41 Å². The maximum Gasteiger partial charge on any atom is 0.417 e.